The molecule has 1 fully saturated rings. The third kappa shape index (κ3) is 3.39. The van der Waals surface area contributed by atoms with E-state index in [1.54, 1.807) is 0 Å². The molecule has 0 aromatic rings. The Morgan fingerprint density at radius 2 is 2.08 bits per heavy atom. The number of carbonyl (C=O) groups is 2. The fourth-order valence-electron chi connectivity index (χ4n) is 1.17. The third-order valence-electron chi connectivity index (χ3n) is 1.93. The summed E-state index contributed by atoms with van der Waals surface area (Å²) in [5.74, 6) is -0.450. The van der Waals surface area contributed by atoms with Gasteiger partial charge in [-0.3, -0.25) is 10.1 Å². The Morgan fingerprint density at radius 3 is 2.54 bits per heavy atom. The first-order valence-electron chi connectivity index (χ1n) is 4.08. The molecule has 0 heterocycles. The molecule has 0 atom stereocenters. The van der Waals surface area contributed by atoms with Crippen LogP contribution in [0.1, 0.15) is 12.8 Å². The van der Waals surface area contributed by atoms with Crippen LogP contribution in [-0.2, 0) is 4.79 Å². The summed E-state index contributed by atoms with van der Waals surface area (Å²) in [6, 6.07) is -0.672. The molecule has 0 bridgehead atoms. The summed E-state index contributed by atoms with van der Waals surface area (Å²) in [6.45, 7) is 0.0559. The summed E-state index contributed by atoms with van der Waals surface area (Å²) in [5.41, 5.74) is 4.73. The molecule has 0 saturated heterocycles. The fraction of sp³-hybridized carbons (Fsp3) is 0.714. The molecule has 0 aliphatic heterocycles. The van der Waals surface area contributed by atoms with Gasteiger partial charge in [0.2, 0.25) is 5.91 Å². The Kier molecular flexibility index (Phi) is 3.21. The van der Waals surface area contributed by atoms with E-state index in [0.29, 0.717) is 12.8 Å². The lowest BCUT2D eigenvalue weighted by molar-refractivity contribution is -0.119. The monoisotopic (exact) mass is 187 g/mol. The summed E-state index contributed by atoms with van der Waals surface area (Å²) < 4.78 is 0. The van der Waals surface area contributed by atoms with Crippen molar-refractivity contribution >= 4 is 11.9 Å². The Balaban J connectivity index is 2.05. The van der Waals surface area contributed by atoms with E-state index in [9.17, 15) is 9.59 Å². The van der Waals surface area contributed by atoms with Crippen LogP contribution in [0.25, 0.3) is 0 Å². The van der Waals surface area contributed by atoms with Gasteiger partial charge < -0.3 is 16.2 Å². The molecule has 13 heavy (non-hydrogen) atoms. The molecule has 1 aliphatic carbocycles. The highest BCUT2D eigenvalue weighted by Crippen LogP contribution is 2.18. The Labute approximate surface area is 75.5 Å². The van der Waals surface area contributed by atoms with E-state index in [-0.39, 0.29) is 18.7 Å². The number of carbonyl (C=O) groups excluding carboxylic acids is 2. The standard InChI is InChI=1S/C7H13N3O3/c8-7(13)10-6(12)3-9-4-1-5(11)2-4/h4-5,9,11H,1-3H2,(H3,8,10,12,13). The third-order valence-corrected chi connectivity index (χ3v) is 1.93. The van der Waals surface area contributed by atoms with E-state index in [1.807, 2.05) is 5.32 Å². The number of hydrogen-bond acceptors (Lipinski definition) is 4. The second kappa shape index (κ2) is 4.20. The topological polar surface area (TPSA) is 104 Å². The normalized spacial score (nSPS) is 26.2. The molecule has 1 saturated carbocycles. The van der Waals surface area contributed by atoms with E-state index in [1.165, 1.54) is 0 Å². The average Bonchev–Trinajstić information content (AvgIpc) is 1.94. The van der Waals surface area contributed by atoms with Gasteiger partial charge in [0.05, 0.1) is 12.6 Å². The molecule has 3 amide bonds. The van der Waals surface area contributed by atoms with Crippen LogP contribution >= 0.6 is 0 Å². The number of amides is 3. The molecule has 74 valence electrons. The molecule has 0 spiro atoms. The van der Waals surface area contributed by atoms with Gasteiger partial charge in [-0.15, -0.1) is 0 Å². The Morgan fingerprint density at radius 1 is 1.46 bits per heavy atom. The van der Waals surface area contributed by atoms with Crippen molar-refractivity contribution in [3.05, 3.63) is 0 Å². The van der Waals surface area contributed by atoms with E-state index < -0.39 is 11.9 Å². The Hall–Kier alpha value is -1.14. The molecule has 5 N–H and O–H groups in total. The van der Waals surface area contributed by atoms with Crippen molar-refractivity contribution in [2.75, 3.05) is 6.54 Å². The summed E-state index contributed by atoms with van der Waals surface area (Å²) in [5, 5.41) is 13.7. The maximum Gasteiger partial charge on any atom is 0.318 e. The molecule has 0 radical (unpaired) electrons. The lowest BCUT2D eigenvalue weighted by Gasteiger charge is -2.31. The summed E-state index contributed by atoms with van der Waals surface area (Å²) in [4.78, 5) is 21.1. The quantitative estimate of drug-likeness (QED) is 0.422. The minimum absolute atomic E-state index is 0.0559. The van der Waals surface area contributed by atoms with Gasteiger partial charge in [-0.25, -0.2) is 4.79 Å². The van der Waals surface area contributed by atoms with Crippen LogP contribution in [0.15, 0.2) is 0 Å². The first kappa shape index (κ1) is 9.94. The molecule has 6 nitrogen and oxygen atoms in total. The highest BCUT2D eigenvalue weighted by Gasteiger charge is 2.26. The molecule has 0 aromatic carbocycles. The van der Waals surface area contributed by atoms with E-state index >= 15 is 0 Å². The van der Waals surface area contributed by atoms with Crippen LogP contribution in [-0.4, -0.2) is 35.7 Å². The van der Waals surface area contributed by atoms with Gasteiger partial charge in [-0.05, 0) is 12.8 Å². The maximum absolute atomic E-state index is 10.8. The molecular weight excluding hydrogens is 174 g/mol. The smallest absolute Gasteiger partial charge is 0.318 e. The highest BCUT2D eigenvalue weighted by molar-refractivity contribution is 5.94. The summed E-state index contributed by atoms with van der Waals surface area (Å²) >= 11 is 0. The van der Waals surface area contributed by atoms with Crippen LogP contribution in [0.3, 0.4) is 0 Å². The van der Waals surface area contributed by atoms with E-state index in [0.717, 1.165) is 0 Å². The van der Waals surface area contributed by atoms with Crippen molar-refractivity contribution in [2.45, 2.75) is 25.0 Å². The first-order chi connectivity index (χ1) is 6.08. The van der Waals surface area contributed by atoms with Crippen LogP contribution in [0.5, 0.6) is 0 Å². The van der Waals surface area contributed by atoms with Crippen molar-refractivity contribution in [2.24, 2.45) is 5.73 Å². The van der Waals surface area contributed by atoms with E-state index in [4.69, 9.17) is 10.8 Å². The maximum atomic E-state index is 10.8. The molecule has 1 rings (SSSR count). The van der Waals surface area contributed by atoms with Crippen molar-refractivity contribution in [3.63, 3.8) is 0 Å². The van der Waals surface area contributed by atoms with Crippen molar-refractivity contribution < 1.29 is 14.7 Å². The lowest BCUT2D eigenvalue weighted by Crippen LogP contribution is -2.49. The first-order valence-corrected chi connectivity index (χ1v) is 4.08. The van der Waals surface area contributed by atoms with Gasteiger partial charge in [0, 0.05) is 6.04 Å². The zero-order valence-corrected chi connectivity index (χ0v) is 7.12. The minimum Gasteiger partial charge on any atom is -0.393 e. The number of primary amides is 1. The van der Waals surface area contributed by atoms with Gasteiger partial charge in [0.15, 0.2) is 0 Å². The number of imide groups is 1. The number of aliphatic hydroxyl groups is 1. The predicted octanol–water partition coefficient (Wildman–Crippen LogP) is -1.71. The van der Waals surface area contributed by atoms with Gasteiger partial charge in [0.25, 0.3) is 0 Å². The largest absolute Gasteiger partial charge is 0.393 e. The zero-order chi connectivity index (χ0) is 9.84. The number of aliphatic hydroxyl groups excluding tert-OH is 1. The zero-order valence-electron chi connectivity index (χ0n) is 7.12. The van der Waals surface area contributed by atoms with Crippen LogP contribution in [0, 0.1) is 0 Å². The van der Waals surface area contributed by atoms with Crippen LogP contribution < -0.4 is 16.4 Å². The van der Waals surface area contributed by atoms with Gasteiger partial charge in [0.1, 0.15) is 0 Å². The SMILES string of the molecule is NC(=O)NC(=O)CNC1CC(O)C1. The van der Waals surface area contributed by atoms with Gasteiger partial charge >= 0.3 is 6.03 Å². The second-order valence-electron chi connectivity index (χ2n) is 3.12. The van der Waals surface area contributed by atoms with Crippen molar-refractivity contribution in [1.29, 1.82) is 0 Å². The predicted molar refractivity (Wildman–Crippen MR) is 44.8 cm³/mol. The van der Waals surface area contributed by atoms with Crippen molar-refractivity contribution in [1.82, 2.24) is 10.6 Å². The summed E-state index contributed by atoms with van der Waals surface area (Å²) in [6.07, 6.45) is 1.06. The number of rotatable bonds is 3. The van der Waals surface area contributed by atoms with Crippen LogP contribution in [0.2, 0.25) is 0 Å². The minimum atomic E-state index is -0.847. The highest BCUT2D eigenvalue weighted by atomic mass is 16.3. The van der Waals surface area contributed by atoms with Crippen molar-refractivity contribution in [3.8, 4) is 0 Å². The van der Waals surface area contributed by atoms with E-state index in [2.05, 4.69) is 5.32 Å². The van der Waals surface area contributed by atoms with Gasteiger partial charge in [-0.1, -0.05) is 0 Å². The fourth-order valence-corrected chi connectivity index (χ4v) is 1.17. The number of nitrogens with two attached hydrogens (primary N) is 1. The number of hydrogen-bond donors (Lipinski definition) is 4. The molecular formula is C7H13N3O3. The summed E-state index contributed by atoms with van der Waals surface area (Å²) in [7, 11) is 0. The van der Waals surface area contributed by atoms with Gasteiger partial charge in [-0.2, -0.15) is 0 Å². The lowest BCUT2D eigenvalue weighted by atomic mass is 9.89. The van der Waals surface area contributed by atoms with Crippen LogP contribution in [0.4, 0.5) is 4.79 Å². The molecule has 0 aromatic heterocycles. The molecule has 0 unspecified atom stereocenters. The molecule has 6 heteroatoms. The second-order valence-corrected chi connectivity index (χ2v) is 3.12. The Bertz CT molecular complexity index is 213. The average molecular weight is 187 g/mol. The number of urea groups is 1. The number of nitrogens with one attached hydrogen (secondary N) is 2. The molecule has 1 aliphatic rings.